The molecule has 4 nitrogen and oxygen atoms in total. The molecule has 1 aliphatic carbocycles. The van der Waals surface area contributed by atoms with Crippen LogP contribution in [0.1, 0.15) is 38.5 Å². The molecule has 0 radical (unpaired) electrons. The van der Waals surface area contributed by atoms with Crippen molar-refractivity contribution in [2.45, 2.75) is 38.5 Å². The van der Waals surface area contributed by atoms with Crippen LogP contribution in [0.4, 0.5) is 0 Å². The van der Waals surface area contributed by atoms with E-state index in [1.807, 2.05) is 0 Å². The maximum atomic E-state index is 11.6. The summed E-state index contributed by atoms with van der Waals surface area (Å²) in [7, 11) is 1.50. The first-order valence-corrected chi connectivity index (χ1v) is 6.24. The summed E-state index contributed by atoms with van der Waals surface area (Å²) in [6.45, 7) is 0. The van der Waals surface area contributed by atoms with Crippen LogP contribution < -0.4 is 5.32 Å². The number of hydrogen-bond donors (Lipinski definition) is 1. The predicted molar refractivity (Wildman–Crippen MR) is 62.5 cm³/mol. The zero-order valence-electron chi connectivity index (χ0n) is 10.2. The van der Waals surface area contributed by atoms with Crippen molar-refractivity contribution >= 4 is 5.91 Å². The van der Waals surface area contributed by atoms with Crippen molar-refractivity contribution in [2.75, 3.05) is 7.11 Å². The van der Waals surface area contributed by atoms with Gasteiger partial charge in [-0.05, 0) is 18.8 Å². The zero-order valence-corrected chi connectivity index (χ0v) is 10.2. The van der Waals surface area contributed by atoms with E-state index in [2.05, 4.69) is 11.4 Å². The number of ether oxygens (including phenoxy) is 1. The molecule has 0 aromatic rings. The van der Waals surface area contributed by atoms with Crippen LogP contribution >= 0.6 is 0 Å². The van der Waals surface area contributed by atoms with Gasteiger partial charge in [0.1, 0.15) is 6.07 Å². The lowest BCUT2D eigenvalue weighted by atomic mass is 9.74. The van der Waals surface area contributed by atoms with Gasteiger partial charge >= 0.3 is 0 Å². The van der Waals surface area contributed by atoms with E-state index in [9.17, 15) is 10.1 Å². The summed E-state index contributed by atoms with van der Waals surface area (Å²) in [6, 6.07) is 2.21. The van der Waals surface area contributed by atoms with Gasteiger partial charge in [0.05, 0.1) is 12.7 Å². The van der Waals surface area contributed by atoms with E-state index < -0.39 is 0 Å². The van der Waals surface area contributed by atoms with Crippen LogP contribution in [0.5, 0.6) is 0 Å². The third kappa shape index (κ3) is 2.44. The van der Waals surface area contributed by atoms with Gasteiger partial charge in [-0.2, -0.15) is 5.26 Å². The van der Waals surface area contributed by atoms with Crippen molar-refractivity contribution < 1.29 is 9.53 Å². The minimum absolute atomic E-state index is 0.0311. The summed E-state index contributed by atoms with van der Waals surface area (Å²) in [5, 5.41) is 11.9. The van der Waals surface area contributed by atoms with Crippen molar-refractivity contribution in [1.29, 1.82) is 5.26 Å². The molecule has 0 aromatic heterocycles. The van der Waals surface area contributed by atoms with Gasteiger partial charge in [-0.15, -0.1) is 0 Å². The monoisotopic (exact) mass is 234 g/mol. The lowest BCUT2D eigenvalue weighted by Gasteiger charge is -2.32. The highest BCUT2D eigenvalue weighted by atomic mass is 16.5. The molecule has 0 saturated heterocycles. The Morgan fingerprint density at radius 3 is 2.65 bits per heavy atom. The van der Waals surface area contributed by atoms with E-state index in [1.165, 1.54) is 26.4 Å². The predicted octanol–water partition coefficient (Wildman–Crippen LogP) is 2.08. The molecule has 0 aromatic carbocycles. The molecular formula is C13H18N2O2. The van der Waals surface area contributed by atoms with Crippen LogP contribution in [0.25, 0.3) is 0 Å². The number of nitriles is 1. The number of allylic oxidation sites excluding steroid dienone is 1. The SMILES string of the molecule is COC1=C(C#N)C(C2CCCCC2)CC(=O)N1. The standard InChI is InChI=1S/C13H18N2O2/c1-17-13-11(8-14)10(7-12(16)15-13)9-5-3-2-4-6-9/h9-10H,2-7H2,1H3,(H,15,16). The number of methoxy groups -OCH3 is 1. The van der Waals surface area contributed by atoms with Crippen LogP contribution in [0.15, 0.2) is 11.5 Å². The molecule has 17 heavy (non-hydrogen) atoms. The Morgan fingerprint density at radius 2 is 2.06 bits per heavy atom. The van der Waals surface area contributed by atoms with Gasteiger partial charge in [-0.1, -0.05) is 19.3 Å². The molecule has 1 saturated carbocycles. The topological polar surface area (TPSA) is 62.1 Å². The molecular weight excluding hydrogens is 216 g/mol. The molecule has 1 heterocycles. The van der Waals surface area contributed by atoms with Crippen LogP contribution in [0.2, 0.25) is 0 Å². The largest absolute Gasteiger partial charge is 0.482 e. The Hall–Kier alpha value is -1.50. The highest BCUT2D eigenvalue weighted by Crippen LogP contribution is 2.38. The number of rotatable bonds is 2. The number of nitrogens with zero attached hydrogens (tertiary/aromatic N) is 1. The molecule has 2 aliphatic rings. The fraction of sp³-hybridized carbons (Fsp3) is 0.692. The molecule has 4 heteroatoms. The maximum absolute atomic E-state index is 11.6. The second-order valence-corrected chi connectivity index (χ2v) is 4.82. The third-order valence-corrected chi connectivity index (χ3v) is 3.82. The first-order valence-electron chi connectivity index (χ1n) is 6.24. The number of carbonyl (C=O) groups excluding carboxylic acids is 1. The minimum Gasteiger partial charge on any atom is -0.482 e. The lowest BCUT2D eigenvalue weighted by molar-refractivity contribution is -0.123. The molecule has 1 unspecified atom stereocenters. The summed E-state index contributed by atoms with van der Waals surface area (Å²) in [5.41, 5.74) is 0.624. The molecule has 92 valence electrons. The fourth-order valence-corrected chi connectivity index (χ4v) is 2.95. The summed E-state index contributed by atoms with van der Waals surface area (Å²) in [5.74, 6) is 0.856. The van der Waals surface area contributed by atoms with Crippen LogP contribution in [0.3, 0.4) is 0 Å². The van der Waals surface area contributed by atoms with Gasteiger partial charge in [0.15, 0.2) is 0 Å². The smallest absolute Gasteiger partial charge is 0.227 e. The first kappa shape index (κ1) is 12.0. The average Bonchev–Trinajstić information content (AvgIpc) is 2.38. The van der Waals surface area contributed by atoms with Crippen LogP contribution in [0, 0.1) is 23.2 Å². The van der Waals surface area contributed by atoms with Crippen LogP contribution in [-0.4, -0.2) is 13.0 Å². The number of carbonyl (C=O) groups is 1. The van der Waals surface area contributed by atoms with Crippen molar-refractivity contribution in [1.82, 2.24) is 5.32 Å². The molecule has 1 atom stereocenters. The molecule has 2 rings (SSSR count). The van der Waals surface area contributed by atoms with E-state index >= 15 is 0 Å². The minimum atomic E-state index is -0.0311. The number of nitrogens with one attached hydrogen (secondary N) is 1. The van der Waals surface area contributed by atoms with Crippen molar-refractivity contribution in [3.63, 3.8) is 0 Å². The van der Waals surface area contributed by atoms with E-state index in [0.29, 0.717) is 23.8 Å². The number of hydrogen-bond acceptors (Lipinski definition) is 3. The summed E-state index contributed by atoms with van der Waals surface area (Å²) >= 11 is 0. The van der Waals surface area contributed by atoms with Gasteiger partial charge in [0.2, 0.25) is 11.8 Å². The van der Waals surface area contributed by atoms with E-state index in [-0.39, 0.29) is 11.8 Å². The van der Waals surface area contributed by atoms with Crippen molar-refractivity contribution in [3.05, 3.63) is 11.5 Å². The Bertz CT molecular complexity index is 375. The average molecular weight is 234 g/mol. The molecule has 0 bridgehead atoms. The molecule has 0 spiro atoms. The maximum Gasteiger partial charge on any atom is 0.227 e. The van der Waals surface area contributed by atoms with E-state index in [0.717, 1.165) is 12.8 Å². The van der Waals surface area contributed by atoms with Gasteiger partial charge in [-0.3, -0.25) is 10.1 Å². The molecule has 1 N–H and O–H groups in total. The Morgan fingerprint density at radius 1 is 1.35 bits per heavy atom. The quantitative estimate of drug-likeness (QED) is 0.795. The highest BCUT2D eigenvalue weighted by molar-refractivity contribution is 5.80. The fourth-order valence-electron chi connectivity index (χ4n) is 2.95. The highest BCUT2D eigenvalue weighted by Gasteiger charge is 2.34. The summed E-state index contributed by atoms with van der Waals surface area (Å²) in [6.07, 6.45) is 6.38. The summed E-state index contributed by atoms with van der Waals surface area (Å²) < 4.78 is 5.11. The van der Waals surface area contributed by atoms with Gasteiger partial charge in [0.25, 0.3) is 0 Å². The van der Waals surface area contributed by atoms with E-state index in [1.54, 1.807) is 0 Å². The van der Waals surface area contributed by atoms with Gasteiger partial charge < -0.3 is 4.74 Å². The Kier molecular flexibility index (Phi) is 3.68. The normalized spacial score (nSPS) is 26.4. The van der Waals surface area contributed by atoms with Crippen LogP contribution in [-0.2, 0) is 9.53 Å². The van der Waals surface area contributed by atoms with Gasteiger partial charge in [0, 0.05) is 12.3 Å². The van der Waals surface area contributed by atoms with E-state index in [4.69, 9.17) is 4.74 Å². The summed E-state index contributed by atoms with van der Waals surface area (Å²) in [4.78, 5) is 11.6. The second-order valence-electron chi connectivity index (χ2n) is 4.82. The molecule has 1 aliphatic heterocycles. The second kappa shape index (κ2) is 5.22. The third-order valence-electron chi connectivity index (χ3n) is 3.82. The number of amides is 1. The van der Waals surface area contributed by atoms with Crippen molar-refractivity contribution in [2.24, 2.45) is 11.8 Å². The van der Waals surface area contributed by atoms with Gasteiger partial charge in [-0.25, -0.2) is 0 Å². The first-order chi connectivity index (χ1) is 8.26. The van der Waals surface area contributed by atoms with Crippen molar-refractivity contribution in [3.8, 4) is 6.07 Å². The zero-order chi connectivity index (χ0) is 12.3. The molecule has 1 fully saturated rings. The molecule has 1 amide bonds. The Balaban J connectivity index is 2.24. The Labute approximate surface area is 102 Å². The lowest BCUT2D eigenvalue weighted by Crippen LogP contribution is -2.36.